The van der Waals surface area contributed by atoms with Crippen LogP contribution in [0.4, 0.5) is 11.4 Å². The Labute approximate surface area is 207 Å². The fourth-order valence-electron chi connectivity index (χ4n) is 3.90. The zero-order chi connectivity index (χ0) is 25.3. The number of anilines is 2. The Kier molecular flexibility index (Phi) is 8.48. The first kappa shape index (κ1) is 25.1. The fraction of sp³-hybridized carbons (Fsp3) is 0.360. The molecule has 1 unspecified atom stereocenters. The van der Waals surface area contributed by atoms with Crippen molar-refractivity contribution in [3.63, 3.8) is 0 Å². The molecule has 0 aliphatic carbocycles. The van der Waals surface area contributed by atoms with Crippen LogP contribution >= 0.6 is 0 Å². The van der Waals surface area contributed by atoms with Crippen LogP contribution in [0.2, 0.25) is 0 Å². The predicted molar refractivity (Wildman–Crippen MR) is 134 cm³/mol. The van der Waals surface area contributed by atoms with Gasteiger partial charge in [-0.25, -0.2) is 4.68 Å². The smallest absolute Gasteiger partial charge is 0.277 e. The zero-order valence-electron chi connectivity index (χ0n) is 19.8. The molecule has 1 atom stereocenters. The molecule has 4 rings (SSSR count). The molecule has 0 spiro atoms. The maximum Gasteiger partial charge on any atom is 0.277 e. The average Bonchev–Trinajstić information content (AvgIpc) is 2.86. The van der Waals surface area contributed by atoms with Crippen LogP contribution in [0.25, 0.3) is 10.8 Å². The molecule has 1 aliphatic heterocycles. The number of carbonyl (C=O) groups excluding carboxylic acids is 2. The number of fused-ring (bicyclic) bond motifs is 1. The second kappa shape index (κ2) is 12.1. The number of benzene rings is 2. The van der Waals surface area contributed by atoms with Crippen molar-refractivity contribution in [1.82, 2.24) is 15.1 Å². The third kappa shape index (κ3) is 6.37. The molecule has 2 amide bonds. The summed E-state index contributed by atoms with van der Waals surface area (Å²) in [6.45, 7) is 2.57. The van der Waals surface area contributed by atoms with Gasteiger partial charge in [0.05, 0.1) is 38.0 Å². The van der Waals surface area contributed by atoms with Crippen LogP contribution in [-0.4, -0.2) is 61.2 Å². The van der Waals surface area contributed by atoms with E-state index in [1.165, 1.54) is 0 Å². The molecule has 11 nitrogen and oxygen atoms in total. The van der Waals surface area contributed by atoms with Gasteiger partial charge in [0, 0.05) is 35.8 Å². The van der Waals surface area contributed by atoms with Crippen LogP contribution < -0.4 is 26.7 Å². The van der Waals surface area contributed by atoms with Crippen LogP contribution in [0.5, 0.6) is 5.75 Å². The molecule has 36 heavy (non-hydrogen) atoms. The Bertz CT molecular complexity index is 1280. The Morgan fingerprint density at radius 2 is 1.81 bits per heavy atom. The van der Waals surface area contributed by atoms with E-state index in [1.807, 2.05) is 18.2 Å². The van der Waals surface area contributed by atoms with Crippen LogP contribution in [0, 0.1) is 0 Å². The van der Waals surface area contributed by atoms with E-state index in [0.717, 1.165) is 4.68 Å². The summed E-state index contributed by atoms with van der Waals surface area (Å²) in [6, 6.07) is 11.8. The molecule has 2 aromatic carbocycles. The minimum Gasteiger partial charge on any atom is -0.491 e. The second-order valence-electron chi connectivity index (χ2n) is 8.20. The first-order chi connectivity index (χ1) is 17.5. The zero-order valence-corrected chi connectivity index (χ0v) is 19.8. The van der Waals surface area contributed by atoms with Crippen molar-refractivity contribution in [1.29, 1.82) is 0 Å². The molecule has 190 valence electrons. The van der Waals surface area contributed by atoms with E-state index in [1.54, 1.807) is 30.5 Å². The number of imide groups is 1. The van der Waals surface area contributed by atoms with Gasteiger partial charge in [-0.05, 0) is 24.6 Å². The van der Waals surface area contributed by atoms with Crippen LogP contribution in [0.3, 0.4) is 0 Å². The van der Waals surface area contributed by atoms with E-state index in [-0.39, 0.29) is 24.3 Å². The lowest BCUT2D eigenvalue weighted by atomic mass is 10.1. The van der Waals surface area contributed by atoms with Crippen molar-refractivity contribution >= 4 is 34.0 Å². The maximum atomic E-state index is 13.2. The van der Waals surface area contributed by atoms with Gasteiger partial charge >= 0.3 is 0 Å². The lowest BCUT2D eigenvalue weighted by molar-refractivity contribution is -0.136. The van der Waals surface area contributed by atoms with E-state index in [2.05, 4.69) is 15.7 Å². The van der Waals surface area contributed by atoms with Gasteiger partial charge in [0.2, 0.25) is 5.91 Å². The summed E-state index contributed by atoms with van der Waals surface area (Å²) >= 11 is 0. The normalized spacial score (nSPS) is 15.6. The Morgan fingerprint density at radius 1 is 1.03 bits per heavy atom. The lowest BCUT2D eigenvalue weighted by Crippen LogP contribution is -2.45. The molecule has 1 aromatic heterocycles. The standard InChI is InChI=1S/C25H29N5O6/c26-18-4-2-5-19(15-18)36-14-13-35-12-11-34-10-9-27-20-6-1-3-17-16-28-30(25(33)23(17)20)21-7-8-22(31)29-24(21)32/h1-6,15-16,21,27H,7-14,26H2,(H,29,31,32). The summed E-state index contributed by atoms with van der Waals surface area (Å²) < 4.78 is 17.8. The Hall–Kier alpha value is -3.96. The van der Waals surface area contributed by atoms with Crippen molar-refractivity contribution in [2.45, 2.75) is 18.9 Å². The number of rotatable bonds is 12. The molecule has 4 N–H and O–H groups in total. The van der Waals surface area contributed by atoms with Gasteiger partial charge < -0.3 is 25.3 Å². The first-order valence-electron chi connectivity index (χ1n) is 11.7. The van der Waals surface area contributed by atoms with E-state index in [9.17, 15) is 14.4 Å². The van der Waals surface area contributed by atoms with Crippen molar-refractivity contribution in [2.75, 3.05) is 50.6 Å². The summed E-state index contributed by atoms with van der Waals surface area (Å²) in [7, 11) is 0. The molecular weight excluding hydrogens is 466 g/mol. The number of amides is 2. The topological polar surface area (TPSA) is 147 Å². The van der Waals surface area contributed by atoms with Gasteiger partial charge in [-0.15, -0.1) is 0 Å². The third-order valence-electron chi connectivity index (χ3n) is 5.63. The number of hydrogen-bond donors (Lipinski definition) is 3. The maximum absolute atomic E-state index is 13.2. The summed E-state index contributed by atoms with van der Waals surface area (Å²) in [5.41, 5.74) is 6.59. The number of nitrogens with two attached hydrogens (primary N) is 1. The average molecular weight is 496 g/mol. The number of nitrogens with zero attached hydrogens (tertiary/aromatic N) is 2. The van der Waals surface area contributed by atoms with Gasteiger partial charge in [-0.2, -0.15) is 5.10 Å². The predicted octanol–water partition coefficient (Wildman–Crippen LogP) is 1.48. The van der Waals surface area contributed by atoms with Gasteiger partial charge in [0.15, 0.2) is 0 Å². The first-order valence-corrected chi connectivity index (χ1v) is 11.7. The monoisotopic (exact) mass is 495 g/mol. The lowest BCUT2D eigenvalue weighted by Gasteiger charge is -2.22. The minimum atomic E-state index is -0.813. The van der Waals surface area contributed by atoms with E-state index < -0.39 is 11.9 Å². The van der Waals surface area contributed by atoms with Crippen molar-refractivity contribution in [3.05, 3.63) is 59.0 Å². The molecular formula is C25H29N5O6. The number of aromatic nitrogens is 2. The van der Waals surface area contributed by atoms with Crippen LogP contribution in [0.1, 0.15) is 18.9 Å². The van der Waals surface area contributed by atoms with Gasteiger partial charge in [0.25, 0.3) is 11.5 Å². The number of carbonyl (C=O) groups is 2. The minimum absolute atomic E-state index is 0.165. The SMILES string of the molecule is Nc1cccc(OCCOCCOCCNc2cccc3cnn(C4CCC(=O)NC4=O)c(=O)c23)c1. The highest BCUT2D eigenvalue weighted by Crippen LogP contribution is 2.22. The number of piperidine rings is 1. The third-order valence-corrected chi connectivity index (χ3v) is 5.63. The molecule has 1 aliphatic rings. The van der Waals surface area contributed by atoms with Gasteiger partial charge in [0.1, 0.15) is 18.4 Å². The summed E-state index contributed by atoms with van der Waals surface area (Å²) in [5.74, 6) is -0.157. The number of hydrogen-bond acceptors (Lipinski definition) is 9. The van der Waals surface area contributed by atoms with Crippen LogP contribution in [0.15, 0.2) is 53.5 Å². The molecule has 1 fully saturated rings. The Balaban J connectivity index is 1.22. The summed E-state index contributed by atoms with van der Waals surface area (Å²) in [5, 5.41) is 10.7. The van der Waals surface area contributed by atoms with Crippen LogP contribution in [-0.2, 0) is 19.1 Å². The van der Waals surface area contributed by atoms with Gasteiger partial charge in [-0.3, -0.25) is 19.7 Å². The highest BCUT2D eigenvalue weighted by Gasteiger charge is 2.30. The Morgan fingerprint density at radius 3 is 2.61 bits per heavy atom. The quantitative estimate of drug-likeness (QED) is 0.193. The summed E-state index contributed by atoms with van der Waals surface area (Å²) in [4.78, 5) is 36.8. The molecule has 2 heterocycles. The van der Waals surface area contributed by atoms with Crippen molar-refractivity contribution < 1.29 is 23.8 Å². The van der Waals surface area contributed by atoms with E-state index in [4.69, 9.17) is 19.9 Å². The molecule has 0 radical (unpaired) electrons. The molecule has 3 aromatic rings. The van der Waals surface area contributed by atoms with Gasteiger partial charge in [-0.1, -0.05) is 18.2 Å². The second-order valence-corrected chi connectivity index (χ2v) is 8.20. The summed E-state index contributed by atoms with van der Waals surface area (Å²) in [6.07, 6.45) is 1.95. The number of ether oxygens (including phenoxy) is 3. The number of nitrogens with one attached hydrogen (secondary N) is 2. The van der Waals surface area contributed by atoms with E-state index in [0.29, 0.717) is 67.5 Å². The largest absolute Gasteiger partial charge is 0.491 e. The molecule has 1 saturated heterocycles. The molecule has 0 saturated carbocycles. The highest BCUT2D eigenvalue weighted by molar-refractivity contribution is 5.99. The molecule has 11 heteroatoms. The van der Waals surface area contributed by atoms with E-state index >= 15 is 0 Å². The van der Waals surface area contributed by atoms with Crippen molar-refractivity contribution in [3.8, 4) is 5.75 Å². The highest BCUT2D eigenvalue weighted by atomic mass is 16.5. The fourth-order valence-corrected chi connectivity index (χ4v) is 3.90. The molecule has 0 bridgehead atoms. The van der Waals surface area contributed by atoms with Crippen molar-refractivity contribution in [2.24, 2.45) is 0 Å². The number of nitrogen functional groups attached to an aromatic ring is 1.